The highest BCUT2D eigenvalue weighted by atomic mass is 32.3. The van der Waals surface area contributed by atoms with Gasteiger partial charge in [-0.15, -0.1) is 3.63 Å². The second kappa shape index (κ2) is 68.1. The molecular weight excluding hydrogens is 1310 g/mol. The summed E-state index contributed by atoms with van der Waals surface area (Å²) in [7, 11) is -11.4. The van der Waals surface area contributed by atoms with Crippen molar-refractivity contribution in [1.29, 1.82) is 0 Å². The normalized spacial score (nSPS) is 12.2. The van der Waals surface area contributed by atoms with Crippen LogP contribution in [0.15, 0.2) is 0 Å². The molecule has 0 radical (unpaired) electrons. The first kappa shape index (κ1) is 94.6. The minimum Gasteiger partial charge on any atom is -0.466 e. The lowest BCUT2D eigenvalue weighted by atomic mass is 10.1. The van der Waals surface area contributed by atoms with Crippen LogP contribution in [0, 0.1) is 0 Å². The fraction of sp³-hybridized carbons (Fsp3) is 0.895. The fourth-order valence-electron chi connectivity index (χ4n) is 11.0. The van der Waals surface area contributed by atoms with Crippen molar-refractivity contribution >= 4 is 68.0 Å². The molecule has 2 unspecified atom stereocenters. The molecular formula is C76H138O21S2. The molecule has 2 atom stereocenters. The van der Waals surface area contributed by atoms with Gasteiger partial charge in [-0.05, 0) is 77.0 Å². The number of rotatable bonds is 74. The Kier molecular flexibility index (Phi) is 65.1. The van der Waals surface area contributed by atoms with Gasteiger partial charge in [0, 0.05) is 25.7 Å². The van der Waals surface area contributed by atoms with E-state index < -0.39 is 67.5 Å². The summed E-state index contributed by atoms with van der Waals surface area (Å²) in [4.78, 5) is 102. The zero-order chi connectivity index (χ0) is 73.0. The molecule has 0 aliphatic rings. The summed E-state index contributed by atoms with van der Waals surface area (Å²) in [5.74, 6) is -6.05. The van der Waals surface area contributed by atoms with E-state index in [2.05, 4.69) is 27.7 Å². The lowest BCUT2D eigenvalue weighted by Crippen LogP contribution is -2.42. The van der Waals surface area contributed by atoms with Gasteiger partial charge in [0.05, 0.1) is 65.7 Å². The van der Waals surface area contributed by atoms with Gasteiger partial charge < -0.3 is 37.9 Å². The minimum atomic E-state index is -5.68. The summed E-state index contributed by atoms with van der Waals surface area (Å²) in [6.07, 6.45) is 41.2. The third-order valence-corrected chi connectivity index (χ3v) is 20.9. The average Bonchev–Trinajstić information content (AvgIpc) is 0.800. The molecule has 0 aromatic rings. The average molecular weight is 1450 g/mol. The van der Waals surface area contributed by atoms with Crippen molar-refractivity contribution in [2.45, 2.75) is 385 Å². The first-order valence-electron chi connectivity index (χ1n) is 39.4. The number of unbranched alkanes of at least 4 members (excludes halogenated alkanes) is 40. The molecule has 0 bridgehead atoms. The standard InChI is InChI=1S/C76H138O21S2/c1-5-9-13-17-29-41-53-69(77)89-57-45-33-21-23-37-49-61-93-73(81)65-67(75(83)95-63-51-39-27-25-35-47-59-91-71(79)55-43-31-19-15-11-7-3)98(85,86)97-99(87,88)68(76(84)96-64-52-40-28-26-36-48-60-92-72(80)56-44-32-20-16-12-8-4)66-74(82)94-62-50-38-24-22-34-46-58-90-70(78)54-42-30-18-14-10-6-2/h67-68H,5-66H2,1-4H3. The maximum atomic E-state index is 14.1. The minimum absolute atomic E-state index is 0.137. The number of carbonyl (C=O) groups is 8. The second-order valence-electron chi connectivity index (χ2n) is 26.7. The Bertz CT molecular complexity index is 2100. The van der Waals surface area contributed by atoms with Gasteiger partial charge >= 0.3 is 47.8 Å². The lowest BCUT2D eigenvalue weighted by molar-refractivity contribution is -0.150. The molecule has 0 N–H and O–H groups in total. The monoisotopic (exact) mass is 1450 g/mol. The predicted octanol–water partition coefficient (Wildman–Crippen LogP) is 17.9. The molecule has 0 aromatic heterocycles. The molecule has 23 heteroatoms. The molecule has 580 valence electrons. The molecule has 0 aliphatic heterocycles. The molecule has 0 heterocycles. The molecule has 0 aliphatic carbocycles. The van der Waals surface area contributed by atoms with E-state index in [1.807, 2.05) is 0 Å². The van der Waals surface area contributed by atoms with Crippen LogP contribution >= 0.6 is 0 Å². The van der Waals surface area contributed by atoms with E-state index in [-0.39, 0.29) is 50.3 Å². The van der Waals surface area contributed by atoms with Crippen molar-refractivity contribution < 1.29 is 96.7 Å². The number of esters is 8. The van der Waals surface area contributed by atoms with Gasteiger partial charge in [0.1, 0.15) is 0 Å². The van der Waals surface area contributed by atoms with Gasteiger partial charge in [-0.2, -0.15) is 16.8 Å². The number of hydrogen-bond donors (Lipinski definition) is 0. The summed E-state index contributed by atoms with van der Waals surface area (Å²) in [6.45, 7) is 9.13. The SMILES string of the molecule is CCCCCCCCC(=O)OCCCCCCCCOC(=O)CC(C(=O)OCCCCCCCCOC(=O)CCCCCCCC)S(=O)(=O)OS(=O)(=O)C(CC(=O)OCCCCCCCCOC(=O)CCCCCCCC)C(=O)OCCCCCCCCOC(=O)CCCCCCCC. The van der Waals surface area contributed by atoms with Crippen molar-refractivity contribution in [3.05, 3.63) is 0 Å². The van der Waals surface area contributed by atoms with E-state index in [0.29, 0.717) is 142 Å². The van der Waals surface area contributed by atoms with Crippen LogP contribution in [0.3, 0.4) is 0 Å². The predicted molar refractivity (Wildman–Crippen MR) is 386 cm³/mol. The fourth-order valence-corrected chi connectivity index (χ4v) is 14.1. The van der Waals surface area contributed by atoms with Crippen LogP contribution < -0.4 is 0 Å². The smallest absolute Gasteiger partial charge is 0.327 e. The molecule has 0 aromatic carbocycles. The molecule has 0 rings (SSSR count). The molecule has 0 spiro atoms. The Morgan fingerprint density at radius 2 is 0.374 bits per heavy atom. The highest BCUT2D eigenvalue weighted by Crippen LogP contribution is 2.23. The van der Waals surface area contributed by atoms with E-state index >= 15 is 0 Å². The van der Waals surface area contributed by atoms with Crippen LogP contribution in [-0.4, -0.2) is 128 Å². The topological polar surface area (TPSA) is 288 Å². The van der Waals surface area contributed by atoms with Crippen LogP contribution in [0.4, 0.5) is 0 Å². The highest BCUT2D eigenvalue weighted by molar-refractivity contribution is 8.01. The summed E-state index contributed by atoms with van der Waals surface area (Å²) < 4.78 is 104. The first-order chi connectivity index (χ1) is 47.9. The molecule has 0 fully saturated rings. The molecule has 0 amide bonds. The van der Waals surface area contributed by atoms with E-state index in [4.69, 9.17) is 41.5 Å². The Morgan fingerprint density at radius 1 is 0.212 bits per heavy atom. The van der Waals surface area contributed by atoms with Crippen molar-refractivity contribution in [3.63, 3.8) is 0 Å². The largest absolute Gasteiger partial charge is 0.466 e. The summed E-state index contributed by atoms with van der Waals surface area (Å²) in [5, 5.41) is -5.09. The van der Waals surface area contributed by atoms with Crippen LogP contribution in [0.25, 0.3) is 0 Å². The van der Waals surface area contributed by atoms with Gasteiger partial charge in [0.2, 0.25) is 0 Å². The van der Waals surface area contributed by atoms with E-state index in [1.54, 1.807) is 0 Å². The highest BCUT2D eigenvalue weighted by Gasteiger charge is 2.46. The van der Waals surface area contributed by atoms with Gasteiger partial charge in [-0.25, -0.2) is 0 Å². The van der Waals surface area contributed by atoms with Crippen LogP contribution in [0.2, 0.25) is 0 Å². The van der Waals surface area contributed by atoms with Crippen LogP contribution in [0.5, 0.6) is 0 Å². The molecule has 0 saturated carbocycles. The van der Waals surface area contributed by atoms with Crippen LogP contribution in [-0.2, 0) is 100 Å². The lowest BCUT2D eigenvalue weighted by Gasteiger charge is -2.19. The summed E-state index contributed by atoms with van der Waals surface area (Å²) >= 11 is 0. The number of hydrogen-bond acceptors (Lipinski definition) is 21. The number of carbonyl (C=O) groups excluding carboxylic acids is 8. The zero-order valence-electron chi connectivity index (χ0n) is 62.4. The zero-order valence-corrected chi connectivity index (χ0v) is 64.0. The molecule has 21 nitrogen and oxygen atoms in total. The summed E-state index contributed by atoms with van der Waals surface area (Å²) in [5.41, 5.74) is 0. The number of ether oxygens (including phenoxy) is 8. The summed E-state index contributed by atoms with van der Waals surface area (Å²) in [6, 6.07) is 0. The van der Waals surface area contributed by atoms with Gasteiger partial charge in [0.15, 0.2) is 10.5 Å². The van der Waals surface area contributed by atoms with E-state index in [1.165, 1.54) is 64.2 Å². The van der Waals surface area contributed by atoms with Crippen LogP contribution in [0.1, 0.15) is 374 Å². The third kappa shape index (κ3) is 60.9. The van der Waals surface area contributed by atoms with E-state index in [0.717, 1.165) is 154 Å². The Hall–Kier alpha value is -4.38. The van der Waals surface area contributed by atoms with Crippen molar-refractivity contribution in [2.75, 3.05) is 52.9 Å². The molecule has 0 saturated heterocycles. The van der Waals surface area contributed by atoms with Crippen molar-refractivity contribution in [1.82, 2.24) is 0 Å². The van der Waals surface area contributed by atoms with Gasteiger partial charge in [0.25, 0.3) is 20.2 Å². The maximum Gasteiger partial charge on any atom is 0.327 e. The molecule has 99 heavy (non-hydrogen) atoms. The van der Waals surface area contributed by atoms with Gasteiger partial charge in [-0.1, -0.05) is 259 Å². The van der Waals surface area contributed by atoms with Crippen molar-refractivity contribution in [2.24, 2.45) is 0 Å². The first-order valence-corrected chi connectivity index (χ1v) is 42.3. The van der Waals surface area contributed by atoms with Gasteiger partial charge in [-0.3, -0.25) is 38.4 Å². The maximum absolute atomic E-state index is 14.1. The Balaban J connectivity index is 5.82. The van der Waals surface area contributed by atoms with E-state index in [9.17, 15) is 55.2 Å². The Labute approximate surface area is 599 Å². The Morgan fingerprint density at radius 3 is 0.576 bits per heavy atom. The third-order valence-electron chi connectivity index (χ3n) is 17.3. The quantitative estimate of drug-likeness (QED) is 0.0310. The van der Waals surface area contributed by atoms with Crippen molar-refractivity contribution in [3.8, 4) is 0 Å². The second-order valence-corrected chi connectivity index (χ2v) is 30.3.